The molecule has 0 aliphatic rings. The fraction of sp³-hybridized carbons (Fsp3) is 0.571. The fourth-order valence-corrected chi connectivity index (χ4v) is 1.86. The zero-order chi connectivity index (χ0) is 13.2. The quantitative estimate of drug-likeness (QED) is 0.682. The van der Waals surface area contributed by atoms with Gasteiger partial charge in [0, 0.05) is 19.2 Å². The van der Waals surface area contributed by atoms with E-state index in [-0.39, 0.29) is 0 Å². The summed E-state index contributed by atoms with van der Waals surface area (Å²) in [4.78, 5) is 0. The van der Waals surface area contributed by atoms with Crippen molar-refractivity contribution in [3.05, 3.63) is 23.8 Å². The lowest BCUT2D eigenvalue weighted by atomic mass is 10.1. The molecule has 18 heavy (non-hydrogen) atoms. The highest BCUT2D eigenvalue weighted by Gasteiger charge is 2.08. The molecule has 1 aromatic carbocycles. The van der Waals surface area contributed by atoms with E-state index in [0.717, 1.165) is 49.6 Å². The molecule has 0 heterocycles. The van der Waals surface area contributed by atoms with E-state index in [1.807, 2.05) is 18.2 Å². The zero-order valence-corrected chi connectivity index (χ0v) is 11.5. The second-order valence-corrected chi connectivity index (χ2v) is 3.99. The lowest BCUT2D eigenvalue weighted by molar-refractivity contribution is 0.199. The van der Waals surface area contributed by atoms with Crippen molar-refractivity contribution in [2.75, 3.05) is 41.0 Å². The van der Waals surface area contributed by atoms with Crippen molar-refractivity contribution in [3.8, 4) is 11.5 Å². The van der Waals surface area contributed by atoms with Crippen LogP contribution in [0.25, 0.3) is 0 Å². The SMILES string of the molecule is COCCNCCCc1c(OC)cccc1OC. The van der Waals surface area contributed by atoms with Gasteiger partial charge in [-0.1, -0.05) is 6.07 Å². The fourth-order valence-electron chi connectivity index (χ4n) is 1.86. The molecule has 0 fully saturated rings. The lowest BCUT2D eigenvalue weighted by Crippen LogP contribution is -2.20. The maximum Gasteiger partial charge on any atom is 0.125 e. The van der Waals surface area contributed by atoms with Gasteiger partial charge in [0.25, 0.3) is 0 Å². The number of hydrogen-bond donors (Lipinski definition) is 1. The molecule has 0 amide bonds. The van der Waals surface area contributed by atoms with Gasteiger partial charge < -0.3 is 19.5 Å². The van der Waals surface area contributed by atoms with E-state index in [4.69, 9.17) is 14.2 Å². The van der Waals surface area contributed by atoms with Gasteiger partial charge in [-0.25, -0.2) is 0 Å². The van der Waals surface area contributed by atoms with Gasteiger partial charge >= 0.3 is 0 Å². The normalized spacial score (nSPS) is 10.4. The first-order valence-electron chi connectivity index (χ1n) is 6.23. The molecule has 0 saturated heterocycles. The summed E-state index contributed by atoms with van der Waals surface area (Å²) in [6, 6.07) is 5.88. The number of ether oxygens (including phenoxy) is 3. The third kappa shape index (κ3) is 4.55. The van der Waals surface area contributed by atoms with Crippen LogP contribution < -0.4 is 14.8 Å². The Kier molecular flexibility index (Phi) is 7.22. The monoisotopic (exact) mass is 253 g/mol. The van der Waals surface area contributed by atoms with Crippen LogP contribution in [0.15, 0.2) is 18.2 Å². The van der Waals surface area contributed by atoms with Crippen LogP contribution in [0, 0.1) is 0 Å². The third-order valence-electron chi connectivity index (χ3n) is 2.79. The van der Waals surface area contributed by atoms with E-state index >= 15 is 0 Å². The third-order valence-corrected chi connectivity index (χ3v) is 2.79. The predicted octanol–water partition coefficient (Wildman–Crippen LogP) is 1.87. The smallest absolute Gasteiger partial charge is 0.125 e. The van der Waals surface area contributed by atoms with Crippen molar-refractivity contribution < 1.29 is 14.2 Å². The van der Waals surface area contributed by atoms with Crippen molar-refractivity contribution in [2.45, 2.75) is 12.8 Å². The lowest BCUT2D eigenvalue weighted by Gasteiger charge is -2.13. The minimum absolute atomic E-state index is 0.748. The highest BCUT2D eigenvalue weighted by atomic mass is 16.5. The Bertz CT molecular complexity index is 320. The molecule has 4 heteroatoms. The molecule has 0 aliphatic heterocycles. The maximum absolute atomic E-state index is 5.36. The molecule has 0 unspecified atom stereocenters. The van der Waals surface area contributed by atoms with Crippen molar-refractivity contribution >= 4 is 0 Å². The number of rotatable bonds is 9. The van der Waals surface area contributed by atoms with E-state index in [9.17, 15) is 0 Å². The molecule has 0 aliphatic carbocycles. The number of methoxy groups -OCH3 is 3. The molecule has 1 N–H and O–H groups in total. The summed E-state index contributed by atoms with van der Waals surface area (Å²) in [5.41, 5.74) is 1.14. The van der Waals surface area contributed by atoms with E-state index in [0.29, 0.717) is 0 Å². The standard InChI is InChI=1S/C14H23NO3/c1-16-11-10-15-9-5-6-12-13(17-2)7-4-8-14(12)18-3/h4,7-8,15H,5-6,9-11H2,1-3H3. The topological polar surface area (TPSA) is 39.7 Å². The summed E-state index contributed by atoms with van der Waals surface area (Å²) >= 11 is 0. The van der Waals surface area contributed by atoms with Gasteiger partial charge in [-0.15, -0.1) is 0 Å². The van der Waals surface area contributed by atoms with Crippen molar-refractivity contribution in [1.82, 2.24) is 5.32 Å². The van der Waals surface area contributed by atoms with Gasteiger partial charge in [0.2, 0.25) is 0 Å². The van der Waals surface area contributed by atoms with E-state index in [1.54, 1.807) is 21.3 Å². The first kappa shape index (κ1) is 14.8. The van der Waals surface area contributed by atoms with Crippen LogP contribution in [0.1, 0.15) is 12.0 Å². The Morgan fingerprint density at radius 1 is 1.00 bits per heavy atom. The molecule has 0 radical (unpaired) electrons. The average Bonchev–Trinajstić information content (AvgIpc) is 2.42. The minimum Gasteiger partial charge on any atom is -0.496 e. The number of hydrogen-bond acceptors (Lipinski definition) is 4. The van der Waals surface area contributed by atoms with Crippen LogP contribution >= 0.6 is 0 Å². The van der Waals surface area contributed by atoms with Crippen LogP contribution in [0.4, 0.5) is 0 Å². The van der Waals surface area contributed by atoms with E-state index < -0.39 is 0 Å². The summed E-state index contributed by atoms with van der Waals surface area (Å²) in [5.74, 6) is 1.79. The minimum atomic E-state index is 0.748. The van der Waals surface area contributed by atoms with Crippen molar-refractivity contribution in [2.24, 2.45) is 0 Å². The predicted molar refractivity (Wildman–Crippen MR) is 72.6 cm³/mol. The van der Waals surface area contributed by atoms with Crippen molar-refractivity contribution in [3.63, 3.8) is 0 Å². The molecule has 102 valence electrons. The Morgan fingerprint density at radius 2 is 1.67 bits per heavy atom. The summed E-state index contributed by atoms with van der Waals surface area (Å²) in [6.07, 6.45) is 1.98. The van der Waals surface area contributed by atoms with Gasteiger partial charge in [-0.2, -0.15) is 0 Å². The first-order chi connectivity index (χ1) is 8.83. The molecule has 4 nitrogen and oxygen atoms in total. The molecule has 0 atom stereocenters. The van der Waals surface area contributed by atoms with Gasteiger partial charge in [0.1, 0.15) is 11.5 Å². The molecular weight excluding hydrogens is 230 g/mol. The summed E-state index contributed by atoms with van der Waals surface area (Å²) in [5, 5.41) is 3.32. The summed E-state index contributed by atoms with van der Waals surface area (Å²) in [6.45, 7) is 2.60. The Morgan fingerprint density at radius 3 is 2.22 bits per heavy atom. The highest BCUT2D eigenvalue weighted by Crippen LogP contribution is 2.29. The van der Waals surface area contributed by atoms with Crippen LogP contribution in [0.5, 0.6) is 11.5 Å². The highest BCUT2D eigenvalue weighted by molar-refractivity contribution is 5.44. The Hall–Kier alpha value is -1.26. The largest absolute Gasteiger partial charge is 0.496 e. The number of nitrogens with one attached hydrogen (secondary N) is 1. The Balaban J connectivity index is 2.45. The van der Waals surface area contributed by atoms with E-state index in [2.05, 4.69) is 5.32 Å². The van der Waals surface area contributed by atoms with Crippen LogP contribution in [-0.4, -0.2) is 41.0 Å². The average molecular weight is 253 g/mol. The summed E-state index contributed by atoms with van der Waals surface area (Å²) in [7, 11) is 5.09. The van der Waals surface area contributed by atoms with Gasteiger partial charge in [-0.3, -0.25) is 0 Å². The second kappa shape index (κ2) is 8.78. The van der Waals surface area contributed by atoms with Crippen LogP contribution in [-0.2, 0) is 11.2 Å². The molecule has 0 bridgehead atoms. The van der Waals surface area contributed by atoms with E-state index in [1.165, 1.54) is 0 Å². The maximum atomic E-state index is 5.36. The summed E-state index contributed by atoms with van der Waals surface area (Å²) < 4.78 is 15.7. The van der Waals surface area contributed by atoms with Crippen molar-refractivity contribution in [1.29, 1.82) is 0 Å². The molecule has 0 spiro atoms. The van der Waals surface area contributed by atoms with Crippen LogP contribution in [0.3, 0.4) is 0 Å². The van der Waals surface area contributed by atoms with Crippen LogP contribution in [0.2, 0.25) is 0 Å². The molecule has 0 saturated carbocycles. The van der Waals surface area contributed by atoms with Gasteiger partial charge in [0.15, 0.2) is 0 Å². The second-order valence-electron chi connectivity index (χ2n) is 3.99. The molecule has 1 aromatic rings. The zero-order valence-electron chi connectivity index (χ0n) is 11.5. The first-order valence-corrected chi connectivity index (χ1v) is 6.23. The molecule has 0 aromatic heterocycles. The van der Waals surface area contributed by atoms with Gasteiger partial charge in [0.05, 0.1) is 20.8 Å². The number of benzene rings is 1. The Labute approximate surface area is 109 Å². The van der Waals surface area contributed by atoms with Gasteiger partial charge in [-0.05, 0) is 31.5 Å². The molecule has 1 rings (SSSR count). The molecular formula is C14H23NO3.